The first kappa shape index (κ1) is 20.1. The fourth-order valence-electron chi connectivity index (χ4n) is 2.58. The average molecular weight is 371 g/mol. The maximum Gasteiger partial charge on any atom is 0.316 e. The van der Waals surface area contributed by atoms with E-state index in [-0.39, 0.29) is 11.9 Å². The van der Waals surface area contributed by atoms with Gasteiger partial charge in [-0.25, -0.2) is 4.79 Å². The second kappa shape index (κ2) is 9.47. The van der Waals surface area contributed by atoms with Gasteiger partial charge in [0.25, 0.3) is 5.91 Å². The summed E-state index contributed by atoms with van der Waals surface area (Å²) in [4.78, 5) is 23.5. The Morgan fingerprint density at radius 1 is 1.04 bits per heavy atom. The standard InChI is InChI=1S/C20H25N3O4/c1-4-26-17-10-9-14(12-18(17)27-5-2)13(3)22-19(24)15-7-6-8-16(11-15)23-20(21)25/h6-13H,4-5H2,1-3H3,(H,22,24)(H3,21,23,25)/t13-/m0/s1. The zero-order chi connectivity index (χ0) is 19.8. The highest BCUT2D eigenvalue weighted by atomic mass is 16.5. The van der Waals surface area contributed by atoms with Gasteiger partial charge in [-0.05, 0) is 56.7 Å². The van der Waals surface area contributed by atoms with Gasteiger partial charge in [0.2, 0.25) is 0 Å². The van der Waals surface area contributed by atoms with Crippen LogP contribution in [-0.4, -0.2) is 25.2 Å². The molecule has 0 saturated heterocycles. The fraction of sp³-hybridized carbons (Fsp3) is 0.300. The Labute approximate surface area is 158 Å². The number of carbonyl (C=O) groups excluding carboxylic acids is 2. The maximum absolute atomic E-state index is 12.5. The highest BCUT2D eigenvalue weighted by Crippen LogP contribution is 2.30. The summed E-state index contributed by atoms with van der Waals surface area (Å²) in [6.45, 7) is 6.76. The van der Waals surface area contributed by atoms with E-state index in [1.807, 2.05) is 39.0 Å². The number of benzene rings is 2. The van der Waals surface area contributed by atoms with Crippen molar-refractivity contribution in [3.8, 4) is 11.5 Å². The largest absolute Gasteiger partial charge is 0.490 e. The quantitative estimate of drug-likeness (QED) is 0.661. The molecule has 144 valence electrons. The zero-order valence-corrected chi connectivity index (χ0v) is 15.7. The van der Waals surface area contributed by atoms with E-state index in [2.05, 4.69) is 10.6 Å². The van der Waals surface area contributed by atoms with E-state index in [1.165, 1.54) is 0 Å². The van der Waals surface area contributed by atoms with Gasteiger partial charge in [0.1, 0.15) is 0 Å². The van der Waals surface area contributed by atoms with Crippen molar-refractivity contribution in [3.05, 3.63) is 53.6 Å². The highest BCUT2D eigenvalue weighted by molar-refractivity contribution is 5.96. The Kier molecular flexibility index (Phi) is 7.05. The number of anilines is 1. The lowest BCUT2D eigenvalue weighted by molar-refractivity contribution is 0.0939. The van der Waals surface area contributed by atoms with Crippen LogP contribution in [0.4, 0.5) is 10.5 Å². The molecule has 0 aliphatic rings. The van der Waals surface area contributed by atoms with Crippen molar-refractivity contribution >= 4 is 17.6 Å². The number of nitrogens with two attached hydrogens (primary N) is 1. The summed E-state index contributed by atoms with van der Waals surface area (Å²) in [6.07, 6.45) is 0. The molecule has 3 amide bonds. The predicted octanol–water partition coefficient (Wildman–Crippen LogP) is 3.47. The number of carbonyl (C=O) groups is 2. The van der Waals surface area contributed by atoms with Gasteiger partial charge >= 0.3 is 6.03 Å². The molecule has 0 spiro atoms. The first-order valence-corrected chi connectivity index (χ1v) is 8.81. The van der Waals surface area contributed by atoms with Gasteiger partial charge in [0.05, 0.1) is 19.3 Å². The molecule has 0 fully saturated rings. The summed E-state index contributed by atoms with van der Waals surface area (Å²) < 4.78 is 11.2. The van der Waals surface area contributed by atoms with E-state index in [0.29, 0.717) is 36.0 Å². The van der Waals surface area contributed by atoms with Crippen molar-refractivity contribution in [1.29, 1.82) is 0 Å². The molecule has 0 radical (unpaired) electrons. The van der Waals surface area contributed by atoms with Crippen LogP contribution < -0.4 is 25.8 Å². The van der Waals surface area contributed by atoms with Gasteiger partial charge in [-0.3, -0.25) is 4.79 Å². The summed E-state index contributed by atoms with van der Waals surface area (Å²) in [5, 5.41) is 5.39. The molecule has 2 rings (SSSR count). The van der Waals surface area contributed by atoms with Crippen molar-refractivity contribution in [2.24, 2.45) is 5.73 Å². The minimum atomic E-state index is -0.682. The molecule has 2 aromatic carbocycles. The van der Waals surface area contributed by atoms with Crippen LogP contribution in [0, 0.1) is 0 Å². The summed E-state index contributed by atoms with van der Waals surface area (Å²) in [5.41, 5.74) is 6.88. The third kappa shape index (κ3) is 5.64. The minimum absolute atomic E-state index is 0.250. The molecule has 0 aliphatic heterocycles. The predicted molar refractivity (Wildman–Crippen MR) is 104 cm³/mol. The number of hydrogen-bond donors (Lipinski definition) is 3. The fourth-order valence-corrected chi connectivity index (χ4v) is 2.58. The van der Waals surface area contributed by atoms with E-state index >= 15 is 0 Å². The van der Waals surface area contributed by atoms with Gasteiger partial charge in [0, 0.05) is 11.3 Å². The first-order valence-electron chi connectivity index (χ1n) is 8.81. The topological polar surface area (TPSA) is 103 Å². The molecular formula is C20H25N3O4. The number of rotatable bonds is 8. The van der Waals surface area contributed by atoms with Crippen molar-refractivity contribution in [1.82, 2.24) is 5.32 Å². The van der Waals surface area contributed by atoms with Gasteiger partial charge in [0.15, 0.2) is 11.5 Å². The summed E-state index contributed by atoms with van der Waals surface area (Å²) in [5.74, 6) is 1.06. The van der Waals surface area contributed by atoms with E-state index in [9.17, 15) is 9.59 Å². The van der Waals surface area contributed by atoms with Crippen LogP contribution in [0.3, 0.4) is 0 Å². The van der Waals surface area contributed by atoms with Crippen LogP contribution in [0.5, 0.6) is 11.5 Å². The van der Waals surface area contributed by atoms with E-state index in [1.54, 1.807) is 24.3 Å². The van der Waals surface area contributed by atoms with Crippen molar-refractivity contribution < 1.29 is 19.1 Å². The Hall–Kier alpha value is -3.22. The maximum atomic E-state index is 12.5. The van der Waals surface area contributed by atoms with Gasteiger partial charge in [-0.2, -0.15) is 0 Å². The third-order valence-electron chi connectivity index (χ3n) is 3.81. The molecule has 27 heavy (non-hydrogen) atoms. The van der Waals surface area contributed by atoms with E-state index in [0.717, 1.165) is 5.56 Å². The van der Waals surface area contributed by atoms with Crippen LogP contribution in [0.25, 0.3) is 0 Å². The molecule has 1 atom stereocenters. The minimum Gasteiger partial charge on any atom is -0.490 e. The smallest absolute Gasteiger partial charge is 0.316 e. The van der Waals surface area contributed by atoms with Gasteiger partial charge in [-0.15, -0.1) is 0 Å². The summed E-state index contributed by atoms with van der Waals surface area (Å²) >= 11 is 0. The molecule has 0 heterocycles. The Bertz CT molecular complexity index is 808. The zero-order valence-electron chi connectivity index (χ0n) is 15.7. The summed E-state index contributed by atoms with van der Waals surface area (Å²) in [6, 6.07) is 11.2. The van der Waals surface area contributed by atoms with Gasteiger partial charge < -0.3 is 25.8 Å². The molecule has 7 nitrogen and oxygen atoms in total. The van der Waals surface area contributed by atoms with Crippen LogP contribution >= 0.6 is 0 Å². The lowest BCUT2D eigenvalue weighted by atomic mass is 10.1. The van der Waals surface area contributed by atoms with Gasteiger partial charge in [-0.1, -0.05) is 12.1 Å². The lowest BCUT2D eigenvalue weighted by Gasteiger charge is -2.18. The van der Waals surface area contributed by atoms with E-state index < -0.39 is 6.03 Å². The second-order valence-corrected chi connectivity index (χ2v) is 5.84. The SMILES string of the molecule is CCOc1ccc([C@H](C)NC(=O)c2cccc(NC(N)=O)c2)cc1OCC. The van der Waals surface area contributed by atoms with Crippen molar-refractivity contribution in [3.63, 3.8) is 0 Å². The van der Waals surface area contributed by atoms with Crippen LogP contribution in [0.2, 0.25) is 0 Å². The number of urea groups is 1. The molecule has 0 aromatic heterocycles. The van der Waals surface area contributed by atoms with Crippen LogP contribution in [0.15, 0.2) is 42.5 Å². The number of ether oxygens (including phenoxy) is 2. The normalized spacial score (nSPS) is 11.4. The Morgan fingerprint density at radius 3 is 2.41 bits per heavy atom. The van der Waals surface area contributed by atoms with Crippen molar-refractivity contribution in [2.75, 3.05) is 18.5 Å². The summed E-state index contributed by atoms with van der Waals surface area (Å²) in [7, 11) is 0. The highest BCUT2D eigenvalue weighted by Gasteiger charge is 2.15. The molecule has 0 aliphatic carbocycles. The van der Waals surface area contributed by atoms with Crippen molar-refractivity contribution in [2.45, 2.75) is 26.8 Å². The number of primary amides is 1. The third-order valence-corrected chi connectivity index (χ3v) is 3.81. The molecule has 0 saturated carbocycles. The second-order valence-electron chi connectivity index (χ2n) is 5.84. The number of hydrogen-bond acceptors (Lipinski definition) is 4. The van der Waals surface area contributed by atoms with E-state index in [4.69, 9.17) is 15.2 Å². The molecule has 0 bridgehead atoms. The monoisotopic (exact) mass is 371 g/mol. The molecule has 4 N–H and O–H groups in total. The number of nitrogens with one attached hydrogen (secondary N) is 2. The molecule has 0 unspecified atom stereocenters. The molecule has 2 aromatic rings. The number of amides is 3. The average Bonchev–Trinajstić information content (AvgIpc) is 2.63. The van der Waals surface area contributed by atoms with Crippen LogP contribution in [0.1, 0.15) is 42.7 Å². The molecular weight excluding hydrogens is 346 g/mol. The van der Waals surface area contributed by atoms with Crippen LogP contribution in [-0.2, 0) is 0 Å². The Balaban J connectivity index is 2.14. The first-order chi connectivity index (χ1) is 12.9. The molecule has 7 heteroatoms. The lowest BCUT2D eigenvalue weighted by Crippen LogP contribution is -2.27. The Morgan fingerprint density at radius 2 is 1.74 bits per heavy atom.